The quantitative estimate of drug-likeness (QED) is 0.496. The van der Waals surface area contributed by atoms with E-state index < -0.39 is 0 Å². The molecule has 0 saturated carbocycles. The summed E-state index contributed by atoms with van der Waals surface area (Å²) < 4.78 is 6.50. The van der Waals surface area contributed by atoms with Crippen molar-refractivity contribution in [3.8, 4) is 11.3 Å². The van der Waals surface area contributed by atoms with Crippen LogP contribution in [0.5, 0.6) is 0 Å². The first-order chi connectivity index (χ1) is 13.1. The number of amides is 2. The molecule has 0 radical (unpaired) electrons. The molecule has 27 heavy (non-hydrogen) atoms. The molecule has 0 atom stereocenters. The topological polar surface area (TPSA) is 84.2 Å². The van der Waals surface area contributed by atoms with Gasteiger partial charge in [-0.05, 0) is 35.0 Å². The van der Waals surface area contributed by atoms with Crippen LogP contribution in [0.2, 0.25) is 0 Å². The third-order valence-electron chi connectivity index (χ3n) is 3.38. The van der Waals surface area contributed by atoms with Gasteiger partial charge in [-0.2, -0.15) is 0 Å². The van der Waals surface area contributed by atoms with Crippen LogP contribution in [0.4, 0.5) is 5.00 Å². The van der Waals surface area contributed by atoms with Crippen molar-refractivity contribution in [1.82, 2.24) is 10.3 Å². The van der Waals surface area contributed by atoms with Gasteiger partial charge in [-0.15, -0.1) is 0 Å². The normalized spacial score (nSPS) is 10.6. The maximum atomic E-state index is 12.5. The predicted octanol–water partition coefficient (Wildman–Crippen LogP) is 4.65. The second-order valence-electron chi connectivity index (χ2n) is 5.32. The highest BCUT2D eigenvalue weighted by atomic mass is 79.9. The van der Waals surface area contributed by atoms with Crippen LogP contribution in [0.1, 0.15) is 17.5 Å². The Bertz CT molecular complexity index is 940. The maximum absolute atomic E-state index is 12.5. The summed E-state index contributed by atoms with van der Waals surface area (Å²) in [7, 11) is 0. The number of rotatable bonds is 7. The van der Waals surface area contributed by atoms with E-state index in [1.807, 2.05) is 37.3 Å². The number of hydrogen-bond acceptors (Lipinski definition) is 6. The fourth-order valence-electron chi connectivity index (χ4n) is 2.22. The molecule has 0 aliphatic rings. The zero-order chi connectivity index (χ0) is 19.2. The molecule has 2 aromatic heterocycles. The van der Waals surface area contributed by atoms with Crippen LogP contribution < -0.4 is 10.6 Å². The Morgan fingerprint density at radius 1 is 1.22 bits per heavy atom. The van der Waals surface area contributed by atoms with E-state index in [1.54, 1.807) is 12.1 Å². The van der Waals surface area contributed by atoms with Crippen molar-refractivity contribution in [2.45, 2.75) is 11.3 Å². The average molecular weight is 466 g/mol. The molecule has 2 amide bonds. The number of aromatic nitrogens is 1. The highest BCUT2D eigenvalue weighted by molar-refractivity contribution is 9.10. The van der Waals surface area contributed by atoms with Gasteiger partial charge in [-0.3, -0.25) is 9.59 Å². The number of carbonyl (C=O) groups is 2. The monoisotopic (exact) mass is 465 g/mol. The summed E-state index contributed by atoms with van der Waals surface area (Å²) in [4.78, 5) is 28.8. The summed E-state index contributed by atoms with van der Waals surface area (Å²) >= 11 is 5.86. The Balaban J connectivity index is 1.84. The lowest BCUT2D eigenvalue weighted by molar-refractivity contribution is -0.118. The van der Waals surface area contributed by atoms with Gasteiger partial charge in [-0.25, -0.2) is 4.98 Å². The minimum absolute atomic E-state index is 0.0509. The number of halogens is 1. The molecule has 0 aliphatic heterocycles. The van der Waals surface area contributed by atoms with Crippen molar-refractivity contribution < 1.29 is 14.0 Å². The molecule has 0 aliphatic carbocycles. The smallest absolute Gasteiger partial charge is 0.292 e. The van der Waals surface area contributed by atoms with Crippen LogP contribution in [-0.4, -0.2) is 29.1 Å². The minimum atomic E-state index is -0.359. The predicted molar refractivity (Wildman–Crippen MR) is 111 cm³/mol. The third kappa shape index (κ3) is 5.21. The maximum Gasteiger partial charge on any atom is 0.292 e. The van der Waals surface area contributed by atoms with Crippen LogP contribution in [0, 0.1) is 0 Å². The molecule has 3 rings (SSSR count). The summed E-state index contributed by atoms with van der Waals surface area (Å²) in [5, 5.41) is 6.22. The molecular weight excluding hydrogens is 450 g/mol. The number of carbonyl (C=O) groups excluding carboxylic acids is 2. The van der Waals surface area contributed by atoms with Gasteiger partial charge in [0.1, 0.15) is 10.7 Å². The van der Waals surface area contributed by atoms with Gasteiger partial charge >= 0.3 is 0 Å². The standard InChI is InChI=1S/C18H16BrN3O3S2/c1-2-20-14(23)10-26-18-21-15(11-6-4-3-5-7-11)17(27-18)22-16(24)12-8-9-13(19)25-12/h3-9H,2,10H2,1H3,(H,20,23)(H,22,24). The number of nitrogens with one attached hydrogen (secondary N) is 2. The number of nitrogens with zero attached hydrogens (tertiary/aromatic N) is 1. The molecule has 0 unspecified atom stereocenters. The largest absolute Gasteiger partial charge is 0.444 e. The number of anilines is 1. The first-order valence-corrected chi connectivity index (χ1v) is 10.7. The molecule has 6 nitrogen and oxygen atoms in total. The van der Waals surface area contributed by atoms with E-state index in [1.165, 1.54) is 23.1 Å². The third-order valence-corrected chi connectivity index (χ3v) is 5.92. The number of furan rings is 1. The molecule has 2 heterocycles. The molecule has 3 aromatic rings. The van der Waals surface area contributed by atoms with E-state index in [0.29, 0.717) is 26.2 Å². The van der Waals surface area contributed by atoms with Crippen molar-refractivity contribution in [2.24, 2.45) is 0 Å². The fraction of sp³-hybridized carbons (Fsp3) is 0.167. The van der Waals surface area contributed by atoms with Gasteiger partial charge in [0.2, 0.25) is 5.91 Å². The summed E-state index contributed by atoms with van der Waals surface area (Å²) in [5.74, 6) is 0.0614. The Kier molecular flexibility index (Phi) is 6.70. The number of hydrogen-bond donors (Lipinski definition) is 2. The van der Waals surface area contributed by atoms with Crippen LogP contribution in [-0.2, 0) is 4.79 Å². The lowest BCUT2D eigenvalue weighted by atomic mass is 10.2. The molecular formula is C18H16BrN3O3S2. The molecule has 0 spiro atoms. The van der Waals surface area contributed by atoms with E-state index in [2.05, 4.69) is 31.5 Å². The van der Waals surface area contributed by atoms with Crippen LogP contribution in [0.3, 0.4) is 0 Å². The van der Waals surface area contributed by atoms with E-state index in [9.17, 15) is 9.59 Å². The van der Waals surface area contributed by atoms with E-state index >= 15 is 0 Å². The van der Waals surface area contributed by atoms with Crippen LogP contribution >= 0.6 is 39.0 Å². The van der Waals surface area contributed by atoms with Gasteiger partial charge in [-0.1, -0.05) is 53.4 Å². The van der Waals surface area contributed by atoms with Crippen molar-refractivity contribution in [2.75, 3.05) is 17.6 Å². The Morgan fingerprint density at radius 3 is 2.67 bits per heavy atom. The van der Waals surface area contributed by atoms with Crippen molar-refractivity contribution >= 4 is 55.8 Å². The minimum Gasteiger partial charge on any atom is -0.444 e. The number of benzene rings is 1. The van der Waals surface area contributed by atoms with Crippen molar-refractivity contribution in [3.63, 3.8) is 0 Å². The second-order valence-corrected chi connectivity index (χ2v) is 8.33. The van der Waals surface area contributed by atoms with Gasteiger partial charge in [0.15, 0.2) is 14.8 Å². The summed E-state index contributed by atoms with van der Waals surface area (Å²) in [6.45, 7) is 2.46. The number of thioether (sulfide) groups is 1. The van der Waals surface area contributed by atoms with Crippen LogP contribution in [0.25, 0.3) is 11.3 Å². The first-order valence-electron chi connectivity index (χ1n) is 8.09. The lowest BCUT2D eigenvalue weighted by Gasteiger charge is -2.03. The Morgan fingerprint density at radius 2 is 2.00 bits per heavy atom. The summed E-state index contributed by atoms with van der Waals surface area (Å²) in [6.07, 6.45) is 0. The molecule has 0 fully saturated rings. The highest BCUT2D eigenvalue weighted by Gasteiger charge is 2.19. The Hall–Kier alpha value is -2.10. The van der Waals surface area contributed by atoms with Crippen LogP contribution in [0.15, 0.2) is 55.9 Å². The SMILES string of the molecule is CCNC(=O)CSc1nc(-c2ccccc2)c(NC(=O)c2ccc(Br)o2)s1. The zero-order valence-electron chi connectivity index (χ0n) is 14.3. The fourth-order valence-corrected chi connectivity index (χ4v) is 4.41. The Labute approximate surface area is 172 Å². The van der Waals surface area contributed by atoms with Crippen molar-refractivity contribution in [1.29, 1.82) is 0 Å². The van der Waals surface area contributed by atoms with Gasteiger partial charge in [0.05, 0.1) is 5.75 Å². The second kappa shape index (κ2) is 9.20. The molecule has 2 N–H and O–H groups in total. The molecule has 0 saturated heterocycles. The average Bonchev–Trinajstić information content (AvgIpc) is 3.27. The van der Waals surface area contributed by atoms with E-state index in [-0.39, 0.29) is 23.3 Å². The van der Waals surface area contributed by atoms with E-state index in [0.717, 1.165) is 5.56 Å². The molecule has 9 heteroatoms. The first kappa shape index (κ1) is 19.7. The van der Waals surface area contributed by atoms with E-state index in [4.69, 9.17) is 4.42 Å². The highest BCUT2D eigenvalue weighted by Crippen LogP contribution is 2.37. The van der Waals surface area contributed by atoms with Gasteiger partial charge in [0, 0.05) is 12.1 Å². The number of thiazole rings is 1. The zero-order valence-corrected chi connectivity index (χ0v) is 17.5. The van der Waals surface area contributed by atoms with Gasteiger partial charge in [0.25, 0.3) is 5.91 Å². The molecule has 140 valence electrons. The summed E-state index contributed by atoms with van der Waals surface area (Å²) in [5.41, 5.74) is 1.55. The van der Waals surface area contributed by atoms with Crippen molar-refractivity contribution in [3.05, 3.63) is 52.9 Å². The molecule has 1 aromatic carbocycles. The summed E-state index contributed by atoms with van der Waals surface area (Å²) in [6, 6.07) is 12.8. The lowest BCUT2D eigenvalue weighted by Crippen LogP contribution is -2.24. The molecule has 0 bridgehead atoms. The van der Waals surface area contributed by atoms with Gasteiger partial charge < -0.3 is 15.1 Å².